The van der Waals surface area contributed by atoms with Crippen molar-refractivity contribution in [3.63, 3.8) is 0 Å². The number of rotatable bonds is 11. The van der Waals surface area contributed by atoms with Crippen LogP contribution in [0.2, 0.25) is 0 Å². The molecule has 42 heavy (non-hydrogen) atoms. The Balaban J connectivity index is 1.16. The second-order valence-corrected chi connectivity index (χ2v) is 12.3. The molecule has 3 aliphatic rings. The molecule has 0 bridgehead atoms. The van der Waals surface area contributed by atoms with Crippen molar-refractivity contribution in [3.8, 4) is 0 Å². The van der Waals surface area contributed by atoms with E-state index >= 15 is 0 Å². The number of alkyl halides is 5. The highest BCUT2D eigenvalue weighted by Gasteiger charge is 2.42. The highest BCUT2D eigenvalue weighted by Crippen LogP contribution is 2.40. The SMILES string of the molecule is O=C(O)[C@@H](CC1CC1)N1C[C@H](CN2CCC(CCC(F)(F)c3ccc(C(F)(F)F)cn3)CC2)[C@@H](c2cccc(F)c2)C1. The van der Waals surface area contributed by atoms with Gasteiger partial charge in [0.15, 0.2) is 0 Å². The van der Waals surface area contributed by atoms with Gasteiger partial charge in [-0.3, -0.25) is 14.7 Å². The van der Waals surface area contributed by atoms with Crippen molar-refractivity contribution in [1.82, 2.24) is 14.8 Å². The van der Waals surface area contributed by atoms with E-state index in [4.69, 9.17) is 0 Å². The quantitative estimate of drug-likeness (QED) is 0.289. The Bertz CT molecular complexity index is 1210. The van der Waals surface area contributed by atoms with Crippen LogP contribution in [0.25, 0.3) is 0 Å². The lowest BCUT2D eigenvalue weighted by Gasteiger charge is -2.35. The van der Waals surface area contributed by atoms with E-state index in [-0.39, 0.29) is 30.0 Å². The molecular weight excluding hydrogens is 560 g/mol. The summed E-state index contributed by atoms with van der Waals surface area (Å²) in [5, 5.41) is 9.96. The third-order valence-electron chi connectivity index (χ3n) is 9.26. The number of piperidine rings is 1. The van der Waals surface area contributed by atoms with Crippen molar-refractivity contribution in [1.29, 1.82) is 0 Å². The minimum absolute atomic E-state index is 0.00518. The number of carboxylic acids is 1. The number of nitrogens with zero attached hydrogens (tertiary/aromatic N) is 3. The highest BCUT2D eigenvalue weighted by molar-refractivity contribution is 5.73. The standard InChI is InChI=1S/C31H37F6N3O2/c32-25-3-1-2-22(15-25)26-19-40(27(29(41)42)14-21-4-5-21)18-23(26)17-39-12-9-20(10-13-39)8-11-30(33,34)28-7-6-24(16-38-28)31(35,36)37/h1-3,6-7,15-16,20-21,23,26-27H,4-5,8-14,17-19H2,(H,41,42)/t23-,26+,27+/m0/s1. The molecule has 3 heterocycles. The number of pyridine rings is 1. The lowest BCUT2D eigenvalue weighted by molar-refractivity contribution is -0.143. The van der Waals surface area contributed by atoms with Crippen LogP contribution < -0.4 is 0 Å². The van der Waals surface area contributed by atoms with Crippen LogP contribution in [-0.2, 0) is 16.9 Å². The summed E-state index contributed by atoms with van der Waals surface area (Å²) in [4.78, 5) is 19.9. The van der Waals surface area contributed by atoms with Crippen LogP contribution in [0.5, 0.6) is 0 Å². The molecule has 1 N–H and O–H groups in total. The Morgan fingerprint density at radius 1 is 1.00 bits per heavy atom. The number of likely N-dealkylation sites (tertiary alicyclic amines) is 2. The summed E-state index contributed by atoms with van der Waals surface area (Å²) < 4.78 is 81.8. The zero-order valence-corrected chi connectivity index (χ0v) is 23.4. The fraction of sp³-hybridized carbons (Fsp3) is 0.613. The van der Waals surface area contributed by atoms with Crippen LogP contribution in [0, 0.1) is 23.6 Å². The summed E-state index contributed by atoms with van der Waals surface area (Å²) in [6.45, 7) is 3.31. The predicted molar refractivity (Wildman–Crippen MR) is 144 cm³/mol. The average Bonchev–Trinajstić information content (AvgIpc) is 3.68. The van der Waals surface area contributed by atoms with Crippen LogP contribution >= 0.6 is 0 Å². The van der Waals surface area contributed by atoms with E-state index in [1.54, 1.807) is 6.07 Å². The van der Waals surface area contributed by atoms with Gasteiger partial charge in [0.1, 0.15) is 17.6 Å². The summed E-state index contributed by atoms with van der Waals surface area (Å²) in [5.74, 6) is -3.82. The van der Waals surface area contributed by atoms with Crippen molar-refractivity contribution >= 4 is 5.97 Å². The Hall–Kier alpha value is -2.66. The second-order valence-electron chi connectivity index (χ2n) is 12.3. The molecule has 1 saturated carbocycles. The number of aromatic nitrogens is 1. The van der Waals surface area contributed by atoms with E-state index in [1.165, 1.54) is 12.1 Å². The van der Waals surface area contributed by atoms with E-state index in [9.17, 15) is 36.2 Å². The molecule has 0 unspecified atom stereocenters. The third kappa shape index (κ3) is 7.64. The molecule has 2 saturated heterocycles. The summed E-state index contributed by atoms with van der Waals surface area (Å²) in [7, 11) is 0. The number of carbonyl (C=O) groups is 1. The lowest BCUT2D eigenvalue weighted by Crippen LogP contribution is -2.42. The van der Waals surface area contributed by atoms with Gasteiger partial charge in [-0.05, 0) is 86.4 Å². The van der Waals surface area contributed by atoms with Gasteiger partial charge in [-0.15, -0.1) is 0 Å². The molecule has 230 valence electrons. The van der Waals surface area contributed by atoms with Crippen LogP contribution in [0.1, 0.15) is 67.7 Å². The fourth-order valence-electron chi connectivity index (χ4n) is 6.62. The topological polar surface area (TPSA) is 56.7 Å². The molecule has 0 spiro atoms. The van der Waals surface area contributed by atoms with Crippen molar-refractivity contribution in [2.45, 2.75) is 69.0 Å². The van der Waals surface area contributed by atoms with Gasteiger partial charge in [-0.1, -0.05) is 25.0 Å². The van der Waals surface area contributed by atoms with E-state index in [0.29, 0.717) is 57.3 Å². The first-order chi connectivity index (χ1) is 19.9. The minimum atomic E-state index is -4.63. The van der Waals surface area contributed by atoms with Gasteiger partial charge < -0.3 is 10.0 Å². The van der Waals surface area contributed by atoms with Crippen molar-refractivity contribution < 1.29 is 36.2 Å². The van der Waals surface area contributed by atoms with Gasteiger partial charge >= 0.3 is 12.1 Å². The maximum Gasteiger partial charge on any atom is 0.417 e. The Morgan fingerprint density at radius 3 is 2.33 bits per heavy atom. The van der Waals surface area contributed by atoms with Gasteiger partial charge in [0.25, 0.3) is 5.92 Å². The Labute approximate surface area is 241 Å². The molecule has 11 heteroatoms. The van der Waals surface area contributed by atoms with Crippen molar-refractivity contribution in [3.05, 3.63) is 65.2 Å². The highest BCUT2D eigenvalue weighted by atomic mass is 19.4. The van der Waals surface area contributed by atoms with Gasteiger partial charge in [0.05, 0.1) is 5.56 Å². The Kier molecular flexibility index (Phi) is 9.18. The first kappa shape index (κ1) is 30.8. The van der Waals surface area contributed by atoms with Crippen LogP contribution in [0.3, 0.4) is 0 Å². The van der Waals surface area contributed by atoms with Gasteiger partial charge in [-0.25, -0.2) is 4.39 Å². The average molecular weight is 598 g/mol. The van der Waals surface area contributed by atoms with E-state index in [2.05, 4.69) is 9.88 Å². The molecule has 3 fully saturated rings. The van der Waals surface area contributed by atoms with Crippen molar-refractivity contribution in [2.24, 2.45) is 17.8 Å². The summed E-state index contributed by atoms with van der Waals surface area (Å²) in [5.41, 5.74) is -0.837. The third-order valence-corrected chi connectivity index (χ3v) is 9.26. The largest absolute Gasteiger partial charge is 0.480 e. The number of hydrogen-bond acceptors (Lipinski definition) is 4. The molecule has 2 aromatic rings. The molecule has 0 amide bonds. The molecule has 5 rings (SSSR count). The fourth-order valence-corrected chi connectivity index (χ4v) is 6.62. The van der Waals surface area contributed by atoms with E-state index < -0.39 is 41.8 Å². The zero-order chi connectivity index (χ0) is 30.1. The maximum absolute atomic E-state index is 14.7. The normalized spacial score (nSPS) is 23.8. The van der Waals surface area contributed by atoms with E-state index in [1.807, 2.05) is 11.0 Å². The van der Waals surface area contributed by atoms with Crippen molar-refractivity contribution in [2.75, 3.05) is 32.7 Å². The smallest absolute Gasteiger partial charge is 0.417 e. The lowest BCUT2D eigenvalue weighted by atomic mass is 9.86. The van der Waals surface area contributed by atoms with Crippen LogP contribution in [0.15, 0.2) is 42.6 Å². The van der Waals surface area contributed by atoms with Gasteiger partial charge in [0.2, 0.25) is 0 Å². The minimum Gasteiger partial charge on any atom is -0.480 e. The Morgan fingerprint density at radius 2 is 1.74 bits per heavy atom. The first-order valence-corrected chi connectivity index (χ1v) is 14.8. The molecule has 2 aliphatic heterocycles. The summed E-state index contributed by atoms with van der Waals surface area (Å²) >= 11 is 0. The molecule has 0 radical (unpaired) electrons. The van der Waals surface area contributed by atoms with Crippen LogP contribution in [-0.4, -0.2) is 64.6 Å². The molecule has 3 atom stereocenters. The molecular formula is C31H37F6N3O2. The monoisotopic (exact) mass is 597 g/mol. The zero-order valence-electron chi connectivity index (χ0n) is 23.4. The summed E-state index contributed by atoms with van der Waals surface area (Å²) in [6, 6.07) is 7.37. The number of carboxylic acid groups (broad SMARTS) is 1. The summed E-state index contributed by atoms with van der Waals surface area (Å²) in [6.07, 6.45) is -0.206. The van der Waals surface area contributed by atoms with Gasteiger partial charge in [-0.2, -0.15) is 22.0 Å². The van der Waals surface area contributed by atoms with E-state index in [0.717, 1.165) is 37.3 Å². The molecule has 1 aliphatic carbocycles. The number of aliphatic carboxylic acids is 1. The van der Waals surface area contributed by atoms with Gasteiger partial charge in [0, 0.05) is 38.2 Å². The second kappa shape index (κ2) is 12.5. The van der Waals surface area contributed by atoms with Crippen LogP contribution in [0.4, 0.5) is 26.3 Å². The molecule has 1 aromatic heterocycles. The number of benzene rings is 1. The maximum atomic E-state index is 14.7. The predicted octanol–water partition coefficient (Wildman–Crippen LogP) is 6.79. The number of halogens is 6. The molecule has 5 nitrogen and oxygen atoms in total. The molecule has 1 aromatic carbocycles. The first-order valence-electron chi connectivity index (χ1n) is 14.8. The number of hydrogen-bond donors (Lipinski definition) is 1.